The summed E-state index contributed by atoms with van der Waals surface area (Å²) in [6.07, 6.45) is 3.53. The average molecular weight is 440 g/mol. The number of hydrogen-bond acceptors (Lipinski definition) is 4. The molecule has 4 rings (SSSR count). The molecule has 0 amide bonds. The Morgan fingerprint density at radius 3 is 2.42 bits per heavy atom. The summed E-state index contributed by atoms with van der Waals surface area (Å²) in [6.45, 7) is 7.13. The molecular formula is C29H29NO3. The minimum atomic E-state index is 0.239. The Morgan fingerprint density at radius 2 is 1.70 bits per heavy atom. The minimum absolute atomic E-state index is 0.239. The van der Waals surface area contributed by atoms with Gasteiger partial charge in [0.1, 0.15) is 18.1 Å². The highest BCUT2D eigenvalue weighted by molar-refractivity contribution is 5.76. The molecule has 33 heavy (non-hydrogen) atoms. The van der Waals surface area contributed by atoms with Crippen molar-refractivity contribution >= 4 is 5.57 Å². The highest BCUT2D eigenvalue weighted by Crippen LogP contribution is 2.36. The number of nitriles is 1. The zero-order valence-corrected chi connectivity index (χ0v) is 19.7. The molecular weight excluding hydrogens is 410 g/mol. The highest BCUT2D eigenvalue weighted by Gasteiger charge is 2.17. The Morgan fingerprint density at radius 1 is 0.909 bits per heavy atom. The first-order chi connectivity index (χ1) is 16.0. The van der Waals surface area contributed by atoms with Gasteiger partial charge < -0.3 is 14.2 Å². The van der Waals surface area contributed by atoms with E-state index in [1.807, 2.05) is 6.07 Å². The van der Waals surface area contributed by atoms with Crippen molar-refractivity contribution in [2.45, 2.75) is 40.2 Å². The third-order valence-corrected chi connectivity index (χ3v) is 6.28. The maximum atomic E-state index is 8.97. The van der Waals surface area contributed by atoms with Crippen LogP contribution >= 0.6 is 0 Å². The lowest BCUT2D eigenvalue weighted by Crippen LogP contribution is -2.02. The van der Waals surface area contributed by atoms with Crippen LogP contribution in [-0.4, -0.2) is 13.9 Å². The molecule has 1 aliphatic rings. The molecule has 0 aliphatic heterocycles. The third kappa shape index (κ3) is 4.79. The fraction of sp³-hybridized carbons (Fsp3) is 0.276. The van der Waals surface area contributed by atoms with Crippen LogP contribution in [-0.2, 0) is 17.8 Å². The first kappa shape index (κ1) is 22.6. The topological polar surface area (TPSA) is 51.5 Å². The Bertz CT molecular complexity index is 1230. The molecule has 0 fully saturated rings. The molecule has 168 valence electrons. The Balaban J connectivity index is 1.55. The first-order valence-electron chi connectivity index (χ1n) is 11.2. The summed E-state index contributed by atoms with van der Waals surface area (Å²) in [5.41, 5.74) is 10.7. The Kier molecular flexibility index (Phi) is 6.82. The predicted molar refractivity (Wildman–Crippen MR) is 131 cm³/mol. The van der Waals surface area contributed by atoms with Crippen LogP contribution in [0.2, 0.25) is 0 Å². The lowest BCUT2D eigenvalue weighted by Gasteiger charge is -2.18. The largest absolute Gasteiger partial charge is 0.489 e. The van der Waals surface area contributed by atoms with Gasteiger partial charge in [-0.05, 0) is 108 Å². The molecule has 0 spiro atoms. The number of hydrogen-bond donors (Lipinski definition) is 0. The van der Waals surface area contributed by atoms with Gasteiger partial charge in [0.25, 0.3) is 0 Å². The third-order valence-electron chi connectivity index (χ3n) is 6.28. The van der Waals surface area contributed by atoms with E-state index in [0.29, 0.717) is 6.61 Å². The first-order valence-corrected chi connectivity index (χ1v) is 11.2. The molecule has 3 aromatic carbocycles. The fourth-order valence-electron chi connectivity index (χ4n) is 4.64. The molecule has 0 saturated heterocycles. The van der Waals surface area contributed by atoms with Crippen LogP contribution in [0.1, 0.15) is 39.8 Å². The maximum Gasteiger partial charge on any atom is 0.188 e. The van der Waals surface area contributed by atoms with E-state index in [0.717, 1.165) is 35.5 Å². The van der Waals surface area contributed by atoms with E-state index < -0.39 is 0 Å². The molecule has 3 aromatic rings. The maximum absolute atomic E-state index is 8.97. The summed E-state index contributed by atoms with van der Waals surface area (Å²) in [5, 5.41) is 8.97. The normalized spacial score (nSPS) is 13.6. The zero-order valence-electron chi connectivity index (χ0n) is 19.7. The molecule has 0 aromatic heterocycles. The second-order valence-electron chi connectivity index (χ2n) is 8.48. The van der Waals surface area contributed by atoms with Crippen LogP contribution in [0.3, 0.4) is 0 Å². The Hall–Kier alpha value is -3.55. The van der Waals surface area contributed by atoms with Crippen LogP contribution in [0.5, 0.6) is 11.5 Å². The van der Waals surface area contributed by atoms with Gasteiger partial charge in [0.15, 0.2) is 6.79 Å². The summed E-state index contributed by atoms with van der Waals surface area (Å²) < 4.78 is 16.9. The summed E-state index contributed by atoms with van der Waals surface area (Å²) in [6, 6.07) is 18.8. The van der Waals surface area contributed by atoms with E-state index in [1.165, 1.54) is 38.9 Å². The molecule has 0 radical (unpaired) electrons. The molecule has 0 unspecified atom stereocenters. The summed E-state index contributed by atoms with van der Waals surface area (Å²) >= 11 is 0. The number of aryl methyl sites for hydroxylation is 3. The van der Waals surface area contributed by atoms with Crippen molar-refractivity contribution in [3.63, 3.8) is 0 Å². The quantitative estimate of drug-likeness (QED) is 0.304. The van der Waals surface area contributed by atoms with Gasteiger partial charge in [-0.1, -0.05) is 24.3 Å². The SMILES string of the molecule is COCOc1cc(C)c(-c2cccc(COc3ccc4c(c3)CCC4=CC#N)c2C)c(C)c1. The number of nitrogens with zero attached hydrogens (tertiary/aromatic N) is 1. The highest BCUT2D eigenvalue weighted by atomic mass is 16.7. The number of allylic oxidation sites excluding steroid dienone is 2. The van der Waals surface area contributed by atoms with Gasteiger partial charge >= 0.3 is 0 Å². The van der Waals surface area contributed by atoms with E-state index in [4.69, 9.17) is 19.5 Å². The van der Waals surface area contributed by atoms with Crippen LogP contribution in [0.25, 0.3) is 16.7 Å². The van der Waals surface area contributed by atoms with Gasteiger partial charge in [-0.3, -0.25) is 0 Å². The molecule has 4 nitrogen and oxygen atoms in total. The van der Waals surface area contributed by atoms with Gasteiger partial charge in [-0.2, -0.15) is 5.26 Å². The summed E-state index contributed by atoms with van der Waals surface area (Å²) in [7, 11) is 1.62. The molecule has 1 aliphatic carbocycles. The van der Waals surface area contributed by atoms with Crippen molar-refractivity contribution in [2.24, 2.45) is 0 Å². The zero-order chi connectivity index (χ0) is 23.4. The lowest BCUT2D eigenvalue weighted by molar-refractivity contribution is 0.0511. The number of rotatable bonds is 7. The molecule has 0 N–H and O–H groups in total. The van der Waals surface area contributed by atoms with Crippen LogP contribution in [0.4, 0.5) is 0 Å². The molecule has 0 bridgehead atoms. The summed E-state index contributed by atoms with van der Waals surface area (Å²) in [5.74, 6) is 1.68. The van der Waals surface area contributed by atoms with Gasteiger partial charge in [0.05, 0.1) is 6.07 Å². The summed E-state index contributed by atoms with van der Waals surface area (Å²) in [4.78, 5) is 0. The fourth-order valence-corrected chi connectivity index (χ4v) is 4.64. The van der Waals surface area contributed by atoms with E-state index in [9.17, 15) is 0 Å². The second-order valence-corrected chi connectivity index (χ2v) is 8.48. The number of fused-ring (bicyclic) bond motifs is 1. The molecule has 0 saturated carbocycles. The number of benzene rings is 3. The number of methoxy groups -OCH3 is 1. The smallest absolute Gasteiger partial charge is 0.188 e. The second kappa shape index (κ2) is 9.94. The predicted octanol–water partition coefficient (Wildman–Crippen LogP) is 6.69. The van der Waals surface area contributed by atoms with Crippen molar-refractivity contribution in [3.05, 3.63) is 88.0 Å². The molecule has 4 heteroatoms. The number of ether oxygens (including phenoxy) is 3. The van der Waals surface area contributed by atoms with Crippen molar-refractivity contribution < 1.29 is 14.2 Å². The van der Waals surface area contributed by atoms with Crippen molar-refractivity contribution in [2.75, 3.05) is 13.9 Å². The van der Waals surface area contributed by atoms with Crippen molar-refractivity contribution in [3.8, 4) is 28.7 Å². The lowest BCUT2D eigenvalue weighted by atomic mass is 9.90. The van der Waals surface area contributed by atoms with E-state index in [-0.39, 0.29) is 6.79 Å². The van der Waals surface area contributed by atoms with E-state index >= 15 is 0 Å². The van der Waals surface area contributed by atoms with Crippen molar-refractivity contribution in [1.82, 2.24) is 0 Å². The van der Waals surface area contributed by atoms with Crippen molar-refractivity contribution in [1.29, 1.82) is 5.26 Å². The average Bonchev–Trinajstić information content (AvgIpc) is 3.20. The van der Waals surface area contributed by atoms with Gasteiger partial charge in [-0.25, -0.2) is 0 Å². The minimum Gasteiger partial charge on any atom is -0.489 e. The van der Waals surface area contributed by atoms with E-state index in [1.54, 1.807) is 13.2 Å². The molecule has 0 atom stereocenters. The van der Waals surface area contributed by atoms with Crippen LogP contribution in [0.15, 0.2) is 54.6 Å². The van der Waals surface area contributed by atoms with E-state index in [2.05, 4.69) is 69.3 Å². The van der Waals surface area contributed by atoms with Crippen LogP contribution < -0.4 is 9.47 Å². The monoisotopic (exact) mass is 439 g/mol. The van der Waals surface area contributed by atoms with Gasteiger partial charge in [-0.15, -0.1) is 0 Å². The van der Waals surface area contributed by atoms with Gasteiger partial charge in [0, 0.05) is 13.2 Å². The molecule has 0 heterocycles. The van der Waals surface area contributed by atoms with Gasteiger partial charge in [0.2, 0.25) is 0 Å². The Labute approximate surface area is 196 Å². The standard InChI is InChI=1S/C29H29NO3/c1-19-14-26(33-18-31-4)15-20(2)29(19)27-7-5-6-24(21(27)3)17-32-25-10-11-28-22(12-13-30)8-9-23(28)16-25/h5-7,10-12,14-16H,8-9,17-18H2,1-4H3. The van der Waals surface area contributed by atoms with Crippen LogP contribution in [0, 0.1) is 32.1 Å².